The number of nitrogens with two attached hydrogens (primary N) is 1. The third-order valence-corrected chi connectivity index (χ3v) is 3.59. The topological polar surface area (TPSA) is 55.1 Å². The monoisotopic (exact) mass is 268 g/mol. The summed E-state index contributed by atoms with van der Waals surface area (Å²) in [5.41, 5.74) is 6.80. The van der Waals surface area contributed by atoms with Gasteiger partial charge >= 0.3 is 0 Å². The van der Waals surface area contributed by atoms with Crippen LogP contribution in [0.15, 0.2) is 18.2 Å². The second-order valence-corrected chi connectivity index (χ2v) is 6.05. The van der Waals surface area contributed by atoms with Gasteiger partial charge in [-0.3, -0.25) is 4.79 Å². The summed E-state index contributed by atoms with van der Waals surface area (Å²) in [7, 11) is 0. The van der Waals surface area contributed by atoms with Gasteiger partial charge in [-0.05, 0) is 30.0 Å². The van der Waals surface area contributed by atoms with Crippen LogP contribution in [0.1, 0.15) is 43.6 Å². The summed E-state index contributed by atoms with van der Waals surface area (Å²) >= 11 is 6.12. The molecule has 1 atom stereocenters. The number of primary amides is 1. The van der Waals surface area contributed by atoms with Gasteiger partial charge in [-0.15, -0.1) is 0 Å². The highest BCUT2D eigenvalue weighted by atomic mass is 35.5. The second-order valence-electron chi connectivity index (χ2n) is 5.64. The minimum atomic E-state index is -0.459. The van der Waals surface area contributed by atoms with Crippen molar-refractivity contribution in [1.82, 2.24) is 5.32 Å². The molecule has 3 N–H and O–H groups in total. The molecule has 3 nitrogen and oxygen atoms in total. The van der Waals surface area contributed by atoms with E-state index in [1.54, 1.807) is 12.1 Å². The molecule has 0 saturated heterocycles. The van der Waals surface area contributed by atoms with Crippen molar-refractivity contribution in [3.8, 4) is 0 Å². The van der Waals surface area contributed by atoms with Crippen LogP contribution in [0.4, 0.5) is 0 Å². The summed E-state index contributed by atoms with van der Waals surface area (Å²) in [4.78, 5) is 11.0. The molecule has 0 spiro atoms. The predicted octanol–water partition coefficient (Wildman–Crippen LogP) is 2.96. The molecule has 1 rings (SSSR count). The Balaban J connectivity index is 2.72. The molecule has 0 heterocycles. The number of benzene rings is 1. The summed E-state index contributed by atoms with van der Waals surface area (Å²) in [6, 6.07) is 5.52. The number of rotatable bonds is 4. The number of carbonyl (C=O) groups is 1. The van der Waals surface area contributed by atoms with Crippen molar-refractivity contribution in [3.63, 3.8) is 0 Å². The Kier molecular flexibility index (Phi) is 4.77. The van der Waals surface area contributed by atoms with Gasteiger partial charge in [0.2, 0.25) is 5.91 Å². The number of nitrogens with one attached hydrogen (secondary N) is 1. The Morgan fingerprint density at radius 3 is 2.50 bits per heavy atom. The Labute approximate surface area is 114 Å². The molecule has 1 aromatic rings. The Hall–Kier alpha value is -1.06. The molecular weight excluding hydrogens is 248 g/mol. The fourth-order valence-corrected chi connectivity index (χ4v) is 1.66. The van der Waals surface area contributed by atoms with E-state index in [9.17, 15) is 4.79 Å². The van der Waals surface area contributed by atoms with Crippen LogP contribution in [0.25, 0.3) is 0 Å². The first-order chi connectivity index (χ1) is 8.21. The zero-order valence-electron chi connectivity index (χ0n) is 11.4. The van der Waals surface area contributed by atoms with E-state index in [1.807, 2.05) is 6.07 Å². The number of halogens is 1. The number of hydrogen-bond donors (Lipinski definition) is 2. The first kappa shape index (κ1) is 15.0. The van der Waals surface area contributed by atoms with Gasteiger partial charge in [-0.25, -0.2) is 0 Å². The maximum Gasteiger partial charge on any atom is 0.248 e. The number of hydrogen-bond acceptors (Lipinski definition) is 2. The minimum absolute atomic E-state index is 0.194. The fraction of sp³-hybridized carbons (Fsp3) is 0.500. The van der Waals surface area contributed by atoms with E-state index < -0.39 is 5.91 Å². The van der Waals surface area contributed by atoms with Crippen LogP contribution < -0.4 is 11.1 Å². The number of amides is 1. The van der Waals surface area contributed by atoms with Crippen molar-refractivity contribution < 1.29 is 4.79 Å². The average Bonchev–Trinajstić information content (AvgIpc) is 2.25. The van der Waals surface area contributed by atoms with Gasteiger partial charge in [0, 0.05) is 23.2 Å². The number of carbonyl (C=O) groups excluding carboxylic acids is 1. The van der Waals surface area contributed by atoms with Crippen LogP contribution in [0.2, 0.25) is 5.02 Å². The first-order valence-corrected chi connectivity index (χ1v) is 6.41. The van der Waals surface area contributed by atoms with Crippen LogP contribution in [0.3, 0.4) is 0 Å². The molecule has 0 aliphatic carbocycles. The lowest BCUT2D eigenvalue weighted by molar-refractivity contribution is 0.100. The highest BCUT2D eigenvalue weighted by Crippen LogP contribution is 2.21. The van der Waals surface area contributed by atoms with Gasteiger partial charge in [-0.2, -0.15) is 0 Å². The molecule has 4 heteroatoms. The molecule has 1 aromatic carbocycles. The van der Waals surface area contributed by atoms with E-state index >= 15 is 0 Å². The molecule has 0 aromatic heterocycles. The van der Waals surface area contributed by atoms with Crippen LogP contribution in [-0.4, -0.2) is 11.9 Å². The van der Waals surface area contributed by atoms with Gasteiger partial charge in [-0.1, -0.05) is 38.4 Å². The van der Waals surface area contributed by atoms with Crippen molar-refractivity contribution in [2.75, 3.05) is 0 Å². The van der Waals surface area contributed by atoms with E-state index in [-0.39, 0.29) is 5.41 Å². The smallest absolute Gasteiger partial charge is 0.248 e. The summed E-state index contributed by atoms with van der Waals surface area (Å²) in [6.07, 6.45) is 0. The summed E-state index contributed by atoms with van der Waals surface area (Å²) < 4.78 is 0. The SMILES string of the molecule is CC(NCc1ccc(C(N)=O)cc1Cl)C(C)(C)C. The van der Waals surface area contributed by atoms with E-state index in [4.69, 9.17) is 17.3 Å². The third-order valence-electron chi connectivity index (χ3n) is 3.24. The maximum absolute atomic E-state index is 11.0. The Morgan fingerprint density at radius 2 is 2.06 bits per heavy atom. The zero-order chi connectivity index (χ0) is 13.9. The van der Waals surface area contributed by atoms with Crippen LogP contribution >= 0.6 is 11.6 Å². The molecule has 18 heavy (non-hydrogen) atoms. The van der Waals surface area contributed by atoms with Crippen molar-refractivity contribution in [2.45, 2.75) is 40.3 Å². The van der Waals surface area contributed by atoms with Crippen molar-refractivity contribution in [3.05, 3.63) is 34.3 Å². The van der Waals surface area contributed by atoms with Crippen molar-refractivity contribution in [1.29, 1.82) is 0 Å². The summed E-state index contributed by atoms with van der Waals surface area (Å²) in [5.74, 6) is -0.459. The van der Waals surface area contributed by atoms with Crippen molar-refractivity contribution >= 4 is 17.5 Å². The Bertz CT molecular complexity index is 438. The van der Waals surface area contributed by atoms with E-state index in [1.165, 1.54) is 0 Å². The van der Waals surface area contributed by atoms with Crippen LogP contribution in [0.5, 0.6) is 0 Å². The normalized spacial score (nSPS) is 13.4. The highest BCUT2D eigenvalue weighted by Gasteiger charge is 2.19. The molecule has 100 valence electrons. The van der Waals surface area contributed by atoms with Gasteiger partial charge in [0.15, 0.2) is 0 Å². The largest absolute Gasteiger partial charge is 0.366 e. The summed E-state index contributed by atoms with van der Waals surface area (Å²) in [5, 5.41) is 4.00. The van der Waals surface area contributed by atoms with Crippen LogP contribution in [0, 0.1) is 5.41 Å². The second kappa shape index (κ2) is 5.72. The molecule has 0 bridgehead atoms. The van der Waals surface area contributed by atoms with E-state index in [2.05, 4.69) is 33.0 Å². The minimum Gasteiger partial charge on any atom is -0.366 e. The molecule has 0 aliphatic heterocycles. The molecule has 0 saturated carbocycles. The standard InChI is InChI=1S/C14H21ClN2O/c1-9(14(2,3)4)17-8-11-6-5-10(13(16)18)7-12(11)15/h5-7,9,17H,8H2,1-4H3,(H2,16,18). The molecule has 1 amide bonds. The average molecular weight is 269 g/mol. The van der Waals surface area contributed by atoms with E-state index in [0.29, 0.717) is 23.2 Å². The molecular formula is C14H21ClN2O. The predicted molar refractivity (Wildman–Crippen MR) is 75.7 cm³/mol. The van der Waals surface area contributed by atoms with Gasteiger partial charge < -0.3 is 11.1 Å². The molecule has 0 aliphatic rings. The third kappa shape index (κ3) is 4.00. The quantitative estimate of drug-likeness (QED) is 0.882. The molecule has 0 fully saturated rings. The fourth-order valence-electron chi connectivity index (χ4n) is 1.41. The zero-order valence-corrected chi connectivity index (χ0v) is 12.1. The first-order valence-electron chi connectivity index (χ1n) is 6.03. The van der Waals surface area contributed by atoms with Crippen LogP contribution in [-0.2, 0) is 6.54 Å². The lowest BCUT2D eigenvalue weighted by atomic mass is 9.88. The van der Waals surface area contributed by atoms with Gasteiger partial charge in [0.25, 0.3) is 0 Å². The lowest BCUT2D eigenvalue weighted by Gasteiger charge is -2.28. The Morgan fingerprint density at radius 1 is 1.44 bits per heavy atom. The maximum atomic E-state index is 11.0. The lowest BCUT2D eigenvalue weighted by Crippen LogP contribution is -2.37. The highest BCUT2D eigenvalue weighted by molar-refractivity contribution is 6.31. The van der Waals surface area contributed by atoms with Crippen molar-refractivity contribution in [2.24, 2.45) is 11.1 Å². The molecule has 1 unspecified atom stereocenters. The summed E-state index contributed by atoms with van der Waals surface area (Å²) in [6.45, 7) is 9.37. The van der Waals surface area contributed by atoms with E-state index in [0.717, 1.165) is 5.56 Å². The molecule has 0 radical (unpaired) electrons. The van der Waals surface area contributed by atoms with Gasteiger partial charge in [0.05, 0.1) is 0 Å². The van der Waals surface area contributed by atoms with Gasteiger partial charge in [0.1, 0.15) is 0 Å².